The highest BCUT2D eigenvalue weighted by Gasteiger charge is 2.20. The second-order valence-corrected chi connectivity index (χ2v) is 4.16. The minimum Gasteiger partial charge on any atom is -0.370 e. The molecule has 0 saturated heterocycles. The summed E-state index contributed by atoms with van der Waals surface area (Å²) in [6.45, 7) is 1.97. The van der Waals surface area contributed by atoms with Gasteiger partial charge in [0.15, 0.2) is 5.96 Å². The molecule has 1 aliphatic rings. The van der Waals surface area contributed by atoms with Gasteiger partial charge >= 0.3 is 0 Å². The summed E-state index contributed by atoms with van der Waals surface area (Å²) in [5, 5.41) is 3.09. The largest absolute Gasteiger partial charge is 0.370 e. The molecule has 16 heavy (non-hydrogen) atoms. The van der Waals surface area contributed by atoms with E-state index in [4.69, 9.17) is 5.73 Å². The predicted octanol–water partition coefficient (Wildman–Crippen LogP) is 1.95. The van der Waals surface area contributed by atoms with Crippen molar-refractivity contribution in [1.29, 1.82) is 0 Å². The molecule has 0 aliphatic heterocycles. The maximum absolute atomic E-state index is 12.7. The van der Waals surface area contributed by atoms with Crippen LogP contribution in [0, 0.1) is 5.82 Å². The first-order valence-electron chi connectivity index (χ1n) is 5.50. The van der Waals surface area contributed by atoms with Crippen LogP contribution in [0.1, 0.15) is 31.4 Å². The summed E-state index contributed by atoms with van der Waals surface area (Å²) >= 11 is 0. The van der Waals surface area contributed by atoms with Gasteiger partial charge < -0.3 is 11.1 Å². The Hall–Kier alpha value is -1.58. The predicted molar refractivity (Wildman–Crippen MR) is 62.6 cm³/mol. The lowest BCUT2D eigenvalue weighted by Gasteiger charge is -2.14. The van der Waals surface area contributed by atoms with Crippen LogP contribution in [0.2, 0.25) is 0 Å². The van der Waals surface area contributed by atoms with Crippen molar-refractivity contribution in [3.63, 3.8) is 0 Å². The number of benzene rings is 1. The molecule has 1 unspecified atom stereocenters. The molecule has 0 spiro atoms. The molecule has 1 saturated carbocycles. The molecule has 0 aromatic heterocycles. The van der Waals surface area contributed by atoms with Gasteiger partial charge in [0.1, 0.15) is 5.82 Å². The molecule has 0 radical (unpaired) electrons. The van der Waals surface area contributed by atoms with Crippen molar-refractivity contribution in [3.8, 4) is 0 Å². The standard InChI is InChI=1S/C12H16FN3/c1-8(9-2-4-10(13)5-3-9)15-12(14)16-11-6-7-11/h2-5,8,11H,6-7H2,1H3,(H3,14,15,16). The van der Waals surface area contributed by atoms with Gasteiger partial charge in [0.05, 0.1) is 12.1 Å². The van der Waals surface area contributed by atoms with E-state index in [0.717, 1.165) is 18.4 Å². The minimum atomic E-state index is -0.226. The Kier molecular flexibility index (Phi) is 3.08. The molecule has 86 valence electrons. The molecule has 4 heteroatoms. The number of halogens is 1. The van der Waals surface area contributed by atoms with Crippen molar-refractivity contribution in [2.45, 2.75) is 31.8 Å². The highest BCUT2D eigenvalue weighted by Crippen LogP contribution is 2.23. The summed E-state index contributed by atoms with van der Waals surface area (Å²) in [5.74, 6) is 0.245. The molecule has 1 aromatic rings. The summed E-state index contributed by atoms with van der Waals surface area (Å²) in [6, 6.07) is 6.84. The molecule has 1 aliphatic carbocycles. The highest BCUT2D eigenvalue weighted by molar-refractivity contribution is 5.78. The van der Waals surface area contributed by atoms with E-state index in [2.05, 4.69) is 10.3 Å². The first-order chi connectivity index (χ1) is 7.65. The van der Waals surface area contributed by atoms with Crippen LogP contribution in [-0.4, -0.2) is 12.0 Å². The maximum Gasteiger partial charge on any atom is 0.189 e. The molecule has 1 fully saturated rings. The first-order valence-corrected chi connectivity index (χ1v) is 5.50. The van der Waals surface area contributed by atoms with Crippen LogP contribution in [0.25, 0.3) is 0 Å². The van der Waals surface area contributed by atoms with Crippen molar-refractivity contribution < 1.29 is 4.39 Å². The van der Waals surface area contributed by atoms with Crippen molar-refractivity contribution in [2.75, 3.05) is 0 Å². The summed E-state index contributed by atoms with van der Waals surface area (Å²) in [6.07, 6.45) is 2.26. The number of nitrogens with one attached hydrogen (secondary N) is 1. The lowest BCUT2D eigenvalue weighted by Crippen LogP contribution is -2.34. The second-order valence-electron chi connectivity index (χ2n) is 4.16. The van der Waals surface area contributed by atoms with Crippen LogP contribution in [0.5, 0.6) is 0 Å². The van der Waals surface area contributed by atoms with Crippen molar-refractivity contribution in [2.24, 2.45) is 10.7 Å². The van der Waals surface area contributed by atoms with E-state index >= 15 is 0 Å². The average molecular weight is 221 g/mol. The zero-order chi connectivity index (χ0) is 11.5. The fraction of sp³-hybridized carbons (Fsp3) is 0.417. The third kappa shape index (κ3) is 2.95. The molecule has 0 bridgehead atoms. The van der Waals surface area contributed by atoms with E-state index in [-0.39, 0.29) is 11.9 Å². The summed E-state index contributed by atoms with van der Waals surface area (Å²) in [4.78, 5) is 4.28. The Morgan fingerprint density at radius 1 is 1.44 bits per heavy atom. The average Bonchev–Trinajstić information content (AvgIpc) is 3.02. The van der Waals surface area contributed by atoms with Crippen LogP contribution in [0.3, 0.4) is 0 Å². The molecule has 2 rings (SSSR count). The van der Waals surface area contributed by atoms with Crippen molar-refractivity contribution in [1.82, 2.24) is 5.32 Å². The zero-order valence-electron chi connectivity index (χ0n) is 9.28. The van der Waals surface area contributed by atoms with Crippen molar-refractivity contribution in [3.05, 3.63) is 35.6 Å². The molecular formula is C12H16FN3. The lowest BCUT2D eigenvalue weighted by molar-refractivity contribution is 0.624. The van der Waals surface area contributed by atoms with Gasteiger partial charge in [-0.25, -0.2) is 4.39 Å². The highest BCUT2D eigenvalue weighted by atomic mass is 19.1. The quantitative estimate of drug-likeness (QED) is 0.605. The van der Waals surface area contributed by atoms with Gasteiger partial charge in [0.25, 0.3) is 0 Å². The third-order valence-electron chi connectivity index (χ3n) is 2.60. The molecule has 0 amide bonds. The normalized spacial score (nSPS) is 18.2. The summed E-state index contributed by atoms with van der Waals surface area (Å²) < 4.78 is 12.7. The fourth-order valence-electron chi connectivity index (χ4n) is 1.49. The van der Waals surface area contributed by atoms with Crippen LogP contribution in [0.4, 0.5) is 4.39 Å². The summed E-state index contributed by atoms with van der Waals surface area (Å²) in [5.41, 5.74) is 6.74. The number of rotatable bonds is 3. The first kappa shape index (κ1) is 10.9. The topological polar surface area (TPSA) is 50.4 Å². The molecule has 1 aromatic carbocycles. The monoisotopic (exact) mass is 221 g/mol. The van der Waals surface area contributed by atoms with Crippen LogP contribution in [-0.2, 0) is 0 Å². The van der Waals surface area contributed by atoms with Crippen LogP contribution < -0.4 is 11.1 Å². The molecule has 0 heterocycles. The molecule has 3 N–H and O–H groups in total. The van der Waals surface area contributed by atoms with Gasteiger partial charge in [-0.1, -0.05) is 12.1 Å². The van der Waals surface area contributed by atoms with Crippen molar-refractivity contribution >= 4 is 5.96 Å². The third-order valence-corrected chi connectivity index (χ3v) is 2.60. The van der Waals surface area contributed by atoms with Gasteiger partial charge in [0.2, 0.25) is 0 Å². The van der Waals surface area contributed by atoms with E-state index in [0.29, 0.717) is 12.0 Å². The number of hydrogen-bond donors (Lipinski definition) is 2. The van der Waals surface area contributed by atoms with Crippen LogP contribution in [0.15, 0.2) is 29.3 Å². The lowest BCUT2D eigenvalue weighted by atomic mass is 10.1. The molecule has 1 atom stereocenters. The van der Waals surface area contributed by atoms with Crippen LogP contribution >= 0.6 is 0 Å². The van der Waals surface area contributed by atoms with Gasteiger partial charge in [-0.3, -0.25) is 4.99 Å². The fourth-order valence-corrected chi connectivity index (χ4v) is 1.49. The van der Waals surface area contributed by atoms with Gasteiger partial charge in [-0.15, -0.1) is 0 Å². The number of aliphatic imine (C=N–C) groups is 1. The van der Waals surface area contributed by atoms with E-state index in [1.54, 1.807) is 12.1 Å². The van der Waals surface area contributed by atoms with Gasteiger partial charge in [-0.2, -0.15) is 0 Å². The Balaban J connectivity index is 1.96. The number of nitrogens with two attached hydrogens (primary N) is 1. The Labute approximate surface area is 94.6 Å². The molecule has 3 nitrogen and oxygen atoms in total. The summed E-state index contributed by atoms with van der Waals surface area (Å²) in [7, 11) is 0. The van der Waals surface area contributed by atoms with E-state index in [1.807, 2.05) is 6.92 Å². The zero-order valence-corrected chi connectivity index (χ0v) is 9.28. The SMILES string of the molecule is CC(NC(N)=NC1CC1)c1ccc(F)cc1. The second kappa shape index (κ2) is 4.51. The Morgan fingerprint density at radius 3 is 2.62 bits per heavy atom. The van der Waals surface area contributed by atoms with E-state index in [9.17, 15) is 4.39 Å². The van der Waals surface area contributed by atoms with Gasteiger partial charge in [-0.05, 0) is 37.5 Å². The Morgan fingerprint density at radius 2 is 2.06 bits per heavy atom. The van der Waals surface area contributed by atoms with E-state index in [1.165, 1.54) is 12.1 Å². The smallest absolute Gasteiger partial charge is 0.189 e. The maximum atomic E-state index is 12.7. The molecular weight excluding hydrogens is 205 g/mol. The number of guanidine groups is 1. The van der Waals surface area contributed by atoms with E-state index < -0.39 is 0 Å². The Bertz CT molecular complexity index is 382. The number of nitrogens with zero attached hydrogens (tertiary/aromatic N) is 1. The minimum absolute atomic E-state index is 0.0445. The number of hydrogen-bond acceptors (Lipinski definition) is 1. The van der Waals surface area contributed by atoms with Gasteiger partial charge in [0, 0.05) is 0 Å².